The molecule has 2 aromatic carbocycles. The smallest absolute Gasteiger partial charge is 0.331 e. The fourth-order valence-corrected chi connectivity index (χ4v) is 10.3. The van der Waals surface area contributed by atoms with Crippen LogP contribution in [-0.4, -0.2) is 209 Å². The first-order valence-corrected chi connectivity index (χ1v) is 33.4. The Bertz CT molecular complexity index is 3190. The number of ether oxygens (including phenoxy) is 2. The van der Waals surface area contributed by atoms with Gasteiger partial charge in [0.2, 0.25) is 65.0 Å². The van der Waals surface area contributed by atoms with Crippen LogP contribution in [0.3, 0.4) is 0 Å². The van der Waals surface area contributed by atoms with Crippen molar-refractivity contribution < 1.29 is 92.2 Å². The zero-order chi connectivity index (χ0) is 76.1. The molecule has 0 unspecified atom stereocenters. The third-order valence-corrected chi connectivity index (χ3v) is 16.0. The molecule has 2 aromatic rings. The van der Waals surface area contributed by atoms with Crippen molar-refractivity contribution in [2.45, 2.75) is 200 Å². The van der Waals surface area contributed by atoms with Gasteiger partial charge in [-0.05, 0) is 86.3 Å². The molecule has 35 heteroatoms. The second-order valence-corrected chi connectivity index (χ2v) is 26.3. The van der Waals surface area contributed by atoms with E-state index in [4.69, 9.17) is 26.7 Å². The maximum Gasteiger partial charge on any atom is 0.331 e. The number of guanidine groups is 1. The Morgan fingerprint density at radius 1 is 0.663 bits per heavy atom. The summed E-state index contributed by atoms with van der Waals surface area (Å²) in [6, 6.07) is -5.55. The van der Waals surface area contributed by atoms with Crippen molar-refractivity contribution in [3.63, 3.8) is 0 Å². The van der Waals surface area contributed by atoms with Crippen LogP contribution in [0.15, 0.2) is 59.6 Å². The highest BCUT2D eigenvalue weighted by Gasteiger charge is 2.44. The number of carbonyl (C=O) groups excluding carboxylic acids is 13. The number of cyclic esters (lactones) is 1. The predicted octanol–water partition coefficient (Wildman–Crippen LogP) is -3.56. The van der Waals surface area contributed by atoms with E-state index in [1.54, 1.807) is 65.8 Å². The first-order chi connectivity index (χ1) is 47.4. The number of primary amides is 1. The van der Waals surface area contributed by atoms with E-state index in [2.05, 4.69) is 58.2 Å². The minimum Gasteiger partial charge on any atom is -0.497 e. The van der Waals surface area contributed by atoms with E-state index in [0.717, 1.165) is 6.92 Å². The van der Waals surface area contributed by atoms with Crippen LogP contribution in [0, 0.1) is 29.6 Å². The highest BCUT2D eigenvalue weighted by Crippen LogP contribution is 2.25. The number of nitrogens with two attached hydrogens (primary N) is 3. The highest BCUT2D eigenvalue weighted by molar-refractivity contribution is 6.03. The minimum absolute atomic E-state index is 0.0688. The molecule has 15 atom stereocenters. The van der Waals surface area contributed by atoms with Gasteiger partial charge in [-0.25, -0.2) is 9.59 Å². The van der Waals surface area contributed by atoms with Gasteiger partial charge < -0.3 is 106 Å². The van der Waals surface area contributed by atoms with Gasteiger partial charge in [0, 0.05) is 18.3 Å². The quantitative estimate of drug-likeness (QED) is 0.0198. The molecule has 3 rings (SSSR count). The Morgan fingerprint density at radius 2 is 1.25 bits per heavy atom. The molecule has 35 nitrogen and oxygen atoms in total. The molecule has 0 aliphatic carbocycles. The number of benzene rings is 2. The molecule has 0 radical (unpaired) electrons. The molecule has 1 aliphatic rings. The number of hydrogen-bond acceptors (Lipinski definition) is 21. The topological polar surface area (TPSA) is 556 Å². The summed E-state index contributed by atoms with van der Waals surface area (Å²) in [7, 11) is 1.44. The van der Waals surface area contributed by atoms with E-state index >= 15 is 9.59 Å². The molecule has 22 N–H and O–H groups in total. The van der Waals surface area contributed by atoms with Gasteiger partial charge in [0.25, 0.3) is 0 Å². The lowest BCUT2D eigenvalue weighted by molar-refractivity contribution is -0.159. The maximum atomic E-state index is 15.5. The lowest BCUT2D eigenvalue weighted by Gasteiger charge is -2.34. The first kappa shape index (κ1) is 85.6. The van der Waals surface area contributed by atoms with Crippen molar-refractivity contribution in [2.24, 2.45) is 51.8 Å². The van der Waals surface area contributed by atoms with E-state index < -0.39 is 193 Å². The standard InChI is InChI=1S/C66H104N16O19/c1-13-35(10)46-60(94)79-47(36(11)84)59(93)71-29-45(85)77-49(52(87)54(68)88)62(96)76-44(30-83)64(98)101-53(37-19-15-14-16-20-37)50(81-58(92)43(27-33(6)7)74-55(89)40(67)25-31(2)3)63(97)80-48(51(86)34(8)9)61(95)75-42(26-32(4)5)57(91)73-41(56(90)78-46)23-18-24-70-65(69)82-66(99)72-38-21-17-22-39(28-38)100-12/h14-17,19-22,28,31-36,40-44,46-53,83-84,86-87H,13,18,23-27,29-30,67H2,1-12H3,(H2,68,88)(H,71,93)(H,73,91)(H,74,89)(H,75,95)(H,76,96)(H,77,85)(H,78,90)(H,79,94)(H,80,97)(H,81,92)(H4,69,70,72,82,99)/t35-,36-,40+,41+,42-,43-,44-,46-,47-,48-,49-,50-,51+,52-,53+/m0/s1. The van der Waals surface area contributed by atoms with Gasteiger partial charge in [-0.2, -0.15) is 0 Å². The lowest BCUT2D eigenvalue weighted by Crippen LogP contribution is -2.64. The predicted molar refractivity (Wildman–Crippen MR) is 367 cm³/mol. The molecule has 0 spiro atoms. The Morgan fingerprint density at radius 3 is 1.82 bits per heavy atom. The van der Waals surface area contributed by atoms with E-state index in [1.807, 2.05) is 24.5 Å². The Kier molecular flexibility index (Phi) is 35.5. The van der Waals surface area contributed by atoms with Crippen LogP contribution in [0.5, 0.6) is 5.75 Å². The number of nitrogens with zero attached hydrogens (tertiary/aromatic N) is 1. The number of rotatable bonds is 25. The number of hydrogen-bond donors (Lipinski definition) is 19. The number of methoxy groups -OCH3 is 1. The maximum absolute atomic E-state index is 15.5. The first-order valence-electron chi connectivity index (χ1n) is 33.4. The average molecular weight is 1430 g/mol. The van der Waals surface area contributed by atoms with E-state index in [-0.39, 0.29) is 68.4 Å². The summed E-state index contributed by atoms with van der Waals surface area (Å²) in [5.41, 5.74) is 17.9. The third kappa shape index (κ3) is 28.2. The number of nitrogens with one attached hydrogen (secondary N) is 12. The van der Waals surface area contributed by atoms with Crippen LogP contribution in [0.4, 0.5) is 10.5 Å². The van der Waals surface area contributed by atoms with E-state index in [1.165, 1.54) is 51.3 Å². The SMILES string of the molecule is CC[C@H](C)[C@@H]1NC(=O)[C@@H](CCCN=C(N)NC(=O)Nc2cccc(OC)c2)NC(=O)[C@H](CC(C)C)NC(=O)[C@H]([C@H](O)C(C)C)NC(=O)[C@@H](NC(=O)[C@H](CC(C)C)NC(=O)[C@H](N)CC(C)C)[C@@H](c2ccccc2)OC(=O)[C@H](CO)NC(=O)[C@H]([C@H](O)C(N)=O)NC(=O)CNC(=O)[C@H]([C@H](C)O)NC1=O. The number of aliphatic hydroxyl groups excluding tert-OH is 4. The number of amides is 13. The number of urea groups is 1. The monoisotopic (exact) mass is 1420 g/mol. The minimum atomic E-state index is -2.59. The van der Waals surface area contributed by atoms with Crippen LogP contribution in [0.2, 0.25) is 0 Å². The lowest BCUT2D eigenvalue weighted by atomic mass is 9.95. The molecule has 0 aromatic heterocycles. The van der Waals surface area contributed by atoms with Crippen molar-refractivity contribution in [3.8, 4) is 5.75 Å². The van der Waals surface area contributed by atoms with Crippen LogP contribution < -0.4 is 85.7 Å². The van der Waals surface area contributed by atoms with Crippen molar-refractivity contribution in [1.29, 1.82) is 0 Å². The summed E-state index contributed by atoms with van der Waals surface area (Å²) in [5.74, 6) is -17.3. The second-order valence-electron chi connectivity index (χ2n) is 26.3. The van der Waals surface area contributed by atoms with Gasteiger partial charge in [-0.3, -0.25) is 63.0 Å². The van der Waals surface area contributed by atoms with Gasteiger partial charge in [-0.15, -0.1) is 0 Å². The summed E-state index contributed by atoms with van der Waals surface area (Å²) in [6.07, 6.45) is -8.50. The fraction of sp³-hybridized carbons (Fsp3) is 0.606. The van der Waals surface area contributed by atoms with E-state index in [9.17, 15) is 73.2 Å². The summed E-state index contributed by atoms with van der Waals surface area (Å²) < 4.78 is 11.1. The number of aliphatic imine (C=N–C) groups is 1. The molecule has 1 fully saturated rings. The summed E-state index contributed by atoms with van der Waals surface area (Å²) in [4.78, 5) is 189. The third-order valence-electron chi connectivity index (χ3n) is 16.0. The van der Waals surface area contributed by atoms with Crippen LogP contribution in [0.1, 0.15) is 126 Å². The van der Waals surface area contributed by atoms with Crippen LogP contribution in [0.25, 0.3) is 0 Å². The van der Waals surface area contributed by atoms with Crippen molar-refractivity contribution >= 4 is 88.6 Å². The number of anilines is 1. The van der Waals surface area contributed by atoms with Crippen molar-refractivity contribution in [2.75, 3.05) is 32.1 Å². The zero-order valence-electron chi connectivity index (χ0n) is 59.1. The van der Waals surface area contributed by atoms with Gasteiger partial charge in [0.1, 0.15) is 54.1 Å². The molecule has 562 valence electrons. The Balaban J connectivity index is 2.38. The molecule has 0 bridgehead atoms. The molecule has 0 saturated carbocycles. The largest absolute Gasteiger partial charge is 0.497 e. The van der Waals surface area contributed by atoms with Gasteiger partial charge in [0.15, 0.2) is 24.2 Å². The molecular weight excluding hydrogens is 1320 g/mol. The molecular formula is C66H104N16O19. The molecule has 1 aliphatic heterocycles. The Labute approximate surface area is 586 Å². The zero-order valence-corrected chi connectivity index (χ0v) is 59.1. The molecule has 13 amide bonds. The van der Waals surface area contributed by atoms with Gasteiger partial charge in [-0.1, -0.05) is 112 Å². The van der Waals surface area contributed by atoms with Crippen LogP contribution in [-0.2, 0) is 62.3 Å². The van der Waals surface area contributed by atoms with E-state index in [0.29, 0.717) is 11.4 Å². The average Bonchev–Trinajstić information content (AvgIpc) is 0.813. The number of aliphatic hydroxyl groups is 4. The summed E-state index contributed by atoms with van der Waals surface area (Å²) in [6.45, 7) is 15.0. The fourth-order valence-electron chi connectivity index (χ4n) is 10.3. The van der Waals surface area contributed by atoms with Gasteiger partial charge in [0.05, 0.1) is 38.5 Å². The van der Waals surface area contributed by atoms with Crippen molar-refractivity contribution in [1.82, 2.24) is 58.5 Å². The van der Waals surface area contributed by atoms with Gasteiger partial charge >= 0.3 is 12.0 Å². The summed E-state index contributed by atoms with van der Waals surface area (Å²) in [5, 5.41) is 73.4. The molecule has 1 heterocycles. The highest BCUT2D eigenvalue weighted by atomic mass is 16.5. The molecule has 1 saturated heterocycles. The Hall–Kier alpha value is -9.58. The van der Waals surface area contributed by atoms with Crippen LogP contribution >= 0.6 is 0 Å². The number of carbonyl (C=O) groups is 13. The normalized spacial score (nSPS) is 23.4. The van der Waals surface area contributed by atoms with Crippen molar-refractivity contribution in [3.05, 3.63) is 60.2 Å². The summed E-state index contributed by atoms with van der Waals surface area (Å²) >= 11 is 0. The number of esters is 1. The molecule has 101 heavy (non-hydrogen) atoms. The second kappa shape index (κ2) is 41.9.